The molecule has 0 aromatic carbocycles. The summed E-state index contributed by atoms with van der Waals surface area (Å²) in [7, 11) is 1.54. The summed E-state index contributed by atoms with van der Waals surface area (Å²) in [5, 5.41) is 13.6. The van der Waals surface area contributed by atoms with Crippen LogP contribution in [-0.4, -0.2) is 35.3 Å². The van der Waals surface area contributed by atoms with Gasteiger partial charge in [-0.05, 0) is 25.9 Å². The quantitative estimate of drug-likeness (QED) is 0.720. The number of piperidine rings is 1. The maximum Gasteiger partial charge on any atom is 0.238 e. The molecule has 0 atom stereocenters. The molecule has 2 heterocycles. The lowest BCUT2D eigenvalue weighted by molar-refractivity contribution is -0.000870. The molecule has 1 aliphatic heterocycles. The van der Waals surface area contributed by atoms with Gasteiger partial charge in [0.25, 0.3) is 0 Å². The van der Waals surface area contributed by atoms with Crippen LogP contribution in [0.1, 0.15) is 18.5 Å². The molecule has 1 saturated heterocycles. The average molecular weight is 209 g/mol. The summed E-state index contributed by atoms with van der Waals surface area (Å²) >= 11 is 0. The Hall–Kier alpha value is -1.20. The smallest absolute Gasteiger partial charge is 0.238 e. The fraction of sp³-hybridized carbons (Fsp3) is 0.600. The molecule has 0 radical (unpaired) electrons. The van der Waals surface area contributed by atoms with E-state index in [0.29, 0.717) is 24.4 Å². The Morgan fingerprint density at radius 1 is 1.33 bits per heavy atom. The first-order valence-electron chi connectivity index (χ1n) is 5.05. The molecule has 2 N–H and O–H groups in total. The molecule has 0 bridgehead atoms. The van der Waals surface area contributed by atoms with Gasteiger partial charge in [-0.25, -0.2) is 4.98 Å². The van der Waals surface area contributed by atoms with Gasteiger partial charge >= 0.3 is 0 Å². The van der Waals surface area contributed by atoms with Gasteiger partial charge in [-0.3, -0.25) is 4.98 Å². The Kier molecular flexibility index (Phi) is 2.83. The molecule has 0 unspecified atom stereocenters. The predicted molar refractivity (Wildman–Crippen MR) is 54.6 cm³/mol. The fourth-order valence-corrected chi connectivity index (χ4v) is 1.87. The molecule has 0 spiro atoms. The lowest BCUT2D eigenvalue weighted by Crippen LogP contribution is -2.40. The Morgan fingerprint density at radius 3 is 2.67 bits per heavy atom. The minimum Gasteiger partial charge on any atom is -0.480 e. The molecule has 0 aliphatic carbocycles. The monoisotopic (exact) mass is 209 g/mol. The van der Waals surface area contributed by atoms with Crippen LogP contribution in [0.3, 0.4) is 0 Å². The van der Waals surface area contributed by atoms with Crippen LogP contribution in [0.25, 0.3) is 0 Å². The molecule has 5 nitrogen and oxygen atoms in total. The molecule has 1 fully saturated rings. The highest BCUT2D eigenvalue weighted by molar-refractivity contribution is 5.24. The van der Waals surface area contributed by atoms with Crippen molar-refractivity contribution in [2.24, 2.45) is 0 Å². The van der Waals surface area contributed by atoms with Gasteiger partial charge in [-0.15, -0.1) is 0 Å². The van der Waals surface area contributed by atoms with Crippen molar-refractivity contribution < 1.29 is 9.84 Å². The van der Waals surface area contributed by atoms with Crippen molar-refractivity contribution in [3.05, 3.63) is 18.1 Å². The van der Waals surface area contributed by atoms with Crippen LogP contribution in [0.5, 0.6) is 5.88 Å². The summed E-state index contributed by atoms with van der Waals surface area (Å²) in [6.07, 6.45) is 4.43. The maximum absolute atomic E-state index is 10.4. The summed E-state index contributed by atoms with van der Waals surface area (Å²) in [5.41, 5.74) is -0.348. The average Bonchev–Trinajstić information content (AvgIpc) is 2.30. The lowest BCUT2D eigenvalue weighted by Gasteiger charge is -2.32. The zero-order chi connectivity index (χ0) is 10.7. The number of ether oxygens (including phenoxy) is 1. The second kappa shape index (κ2) is 4.12. The second-order valence-electron chi connectivity index (χ2n) is 3.70. The highest BCUT2D eigenvalue weighted by Gasteiger charge is 2.35. The Balaban J connectivity index is 2.34. The first-order valence-corrected chi connectivity index (χ1v) is 5.05. The van der Waals surface area contributed by atoms with E-state index in [1.165, 1.54) is 7.11 Å². The number of aromatic nitrogens is 2. The van der Waals surface area contributed by atoms with E-state index in [1.807, 2.05) is 0 Å². The van der Waals surface area contributed by atoms with Crippen molar-refractivity contribution in [2.45, 2.75) is 18.4 Å². The van der Waals surface area contributed by atoms with E-state index in [4.69, 9.17) is 4.74 Å². The van der Waals surface area contributed by atoms with E-state index in [9.17, 15) is 5.11 Å². The minimum atomic E-state index is -0.898. The third kappa shape index (κ3) is 1.93. The summed E-state index contributed by atoms with van der Waals surface area (Å²) in [6, 6.07) is 0. The Bertz CT molecular complexity index is 337. The normalized spacial score (nSPS) is 19.9. The molecule has 82 valence electrons. The number of rotatable bonds is 2. The molecule has 0 saturated carbocycles. The van der Waals surface area contributed by atoms with Crippen molar-refractivity contribution in [1.29, 1.82) is 0 Å². The second-order valence-corrected chi connectivity index (χ2v) is 3.70. The predicted octanol–water partition coefficient (Wildman–Crippen LogP) is 0.0562. The highest BCUT2D eigenvalue weighted by Crippen LogP contribution is 2.33. The third-order valence-corrected chi connectivity index (χ3v) is 2.73. The van der Waals surface area contributed by atoms with Crippen molar-refractivity contribution in [3.8, 4) is 5.88 Å². The molecule has 1 aromatic rings. The van der Waals surface area contributed by atoms with E-state index in [2.05, 4.69) is 15.3 Å². The van der Waals surface area contributed by atoms with Crippen LogP contribution in [-0.2, 0) is 5.60 Å². The molecule has 15 heavy (non-hydrogen) atoms. The van der Waals surface area contributed by atoms with Crippen LogP contribution >= 0.6 is 0 Å². The molecular weight excluding hydrogens is 194 g/mol. The number of methoxy groups -OCH3 is 1. The Labute approximate surface area is 88.5 Å². The maximum atomic E-state index is 10.4. The van der Waals surface area contributed by atoms with Gasteiger partial charge in [0.05, 0.1) is 7.11 Å². The number of hydrogen-bond donors (Lipinski definition) is 2. The summed E-state index contributed by atoms with van der Waals surface area (Å²) in [6.45, 7) is 1.58. The van der Waals surface area contributed by atoms with Gasteiger partial charge in [0.1, 0.15) is 11.3 Å². The van der Waals surface area contributed by atoms with Crippen LogP contribution in [0.2, 0.25) is 0 Å². The molecule has 2 rings (SSSR count). The van der Waals surface area contributed by atoms with E-state index in [1.54, 1.807) is 12.4 Å². The summed E-state index contributed by atoms with van der Waals surface area (Å²) in [4.78, 5) is 8.23. The molecule has 5 heteroatoms. The third-order valence-electron chi connectivity index (χ3n) is 2.73. The number of nitrogens with zero attached hydrogens (tertiary/aromatic N) is 2. The van der Waals surface area contributed by atoms with E-state index in [0.717, 1.165) is 13.1 Å². The van der Waals surface area contributed by atoms with Crippen LogP contribution in [0.15, 0.2) is 12.4 Å². The lowest BCUT2D eigenvalue weighted by atomic mass is 9.89. The van der Waals surface area contributed by atoms with Gasteiger partial charge in [0.15, 0.2) is 0 Å². The van der Waals surface area contributed by atoms with Crippen molar-refractivity contribution in [3.63, 3.8) is 0 Å². The SMILES string of the molecule is COc1nccnc1C1(O)CCNCC1. The molecule has 1 aliphatic rings. The standard InChI is InChI=1S/C10H15N3O2/c1-15-9-8(12-6-7-13-9)10(14)2-4-11-5-3-10/h6-7,11,14H,2-5H2,1H3. The number of hydrogen-bond acceptors (Lipinski definition) is 5. The highest BCUT2D eigenvalue weighted by atomic mass is 16.5. The largest absolute Gasteiger partial charge is 0.480 e. The topological polar surface area (TPSA) is 67.3 Å². The number of nitrogens with one attached hydrogen (secondary N) is 1. The van der Waals surface area contributed by atoms with E-state index >= 15 is 0 Å². The van der Waals surface area contributed by atoms with Gasteiger partial charge in [0.2, 0.25) is 5.88 Å². The van der Waals surface area contributed by atoms with Crippen molar-refractivity contribution >= 4 is 0 Å². The first kappa shape index (κ1) is 10.3. The van der Waals surface area contributed by atoms with Gasteiger partial charge < -0.3 is 15.2 Å². The fourth-order valence-electron chi connectivity index (χ4n) is 1.87. The van der Waals surface area contributed by atoms with Crippen LogP contribution < -0.4 is 10.1 Å². The first-order chi connectivity index (χ1) is 7.26. The van der Waals surface area contributed by atoms with Gasteiger partial charge in [0, 0.05) is 12.4 Å². The van der Waals surface area contributed by atoms with E-state index < -0.39 is 5.60 Å². The van der Waals surface area contributed by atoms with Gasteiger partial charge in [-0.1, -0.05) is 0 Å². The van der Waals surface area contributed by atoms with Crippen LogP contribution in [0.4, 0.5) is 0 Å². The minimum absolute atomic E-state index is 0.418. The van der Waals surface area contributed by atoms with E-state index in [-0.39, 0.29) is 0 Å². The van der Waals surface area contributed by atoms with Crippen LogP contribution in [0, 0.1) is 0 Å². The summed E-state index contributed by atoms with van der Waals surface area (Å²) in [5.74, 6) is 0.418. The van der Waals surface area contributed by atoms with Gasteiger partial charge in [-0.2, -0.15) is 0 Å². The summed E-state index contributed by atoms with van der Waals surface area (Å²) < 4.78 is 5.11. The molecular formula is C10H15N3O2. The molecule has 0 amide bonds. The Morgan fingerprint density at radius 2 is 2.00 bits per heavy atom. The van der Waals surface area contributed by atoms with Crippen molar-refractivity contribution in [2.75, 3.05) is 20.2 Å². The zero-order valence-corrected chi connectivity index (χ0v) is 8.73. The number of aliphatic hydroxyl groups is 1. The molecule has 1 aromatic heterocycles. The van der Waals surface area contributed by atoms with Crippen molar-refractivity contribution in [1.82, 2.24) is 15.3 Å². The zero-order valence-electron chi connectivity index (χ0n) is 8.73.